The van der Waals surface area contributed by atoms with E-state index in [-0.39, 0.29) is 17.3 Å². The Labute approximate surface area is 51.9 Å². The van der Waals surface area contributed by atoms with E-state index in [4.69, 9.17) is 17.2 Å². The maximum atomic E-state index is 5.31. The van der Waals surface area contributed by atoms with Crippen LogP contribution in [-0.4, -0.2) is 9.97 Å². The van der Waals surface area contributed by atoms with Gasteiger partial charge in [0.1, 0.15) is 12.0 Å². The van der Waals surface area contributed by atoms with E-state index in [1.54, 1.807) is 0 Å². The van der Waals surface area contributed by atoms with E-state index in [1.807, 2.05) is 0 Å². The zero-order valence-electron chi connectivity index (χ0n) is 4.70. The van der Waals surface area contributed by atoms with Crippen LogP contribution in [0, 0.1) is 0 Å². The molecule has 1 rings (SSSR count). The molecule has 0 bridgehead atoms. The lowest BCUT2D eigenvalue weighted by molar-refractivity contribution is 1.19. The zero-order valence-corrected chi connectivity index (χ0v) is 4.70. The summed E-state index contributed by atoms with van der Waals surface area (Å²) >= 11 is 0. The fourth-order valence-corrected chi connectivity index (χ4v) is 0.424. The van der Waals surface area contributed by atoms with Crippen LogP contribution in [0.4, 0.5) is 17.3 Å². The molecule has 0 spiro atoms. The van der Waals surface area contributed by atoms with Crippen LogP contribution in [0.25, 0.3) is 0 Å². The summed E-state index contributed by atoms with van der Waals surface area (Å²) in [6.45, 7) is 0. The van der Waals surface area contributed by atoms with E-state index in [9.17, 15) is 0 Å². The van der Waals surface area contributed by atoms with E-state index in [1.165, 1.54) is 6.33 Å². The Hall–Kier alpha value is -1.52. The number of nitrogens with zero attached hydrogens (tertiary/aromatic N) is 2. The lowest BCUT2D eigenvalue weighted by Gasteiger charge is -1.98. The molecule has 0 aliphatic heterocycles. The van der Waals surface area contributed by atoms with Crippen LogP contribution in [-0.2, 0) is 0 Å². The van der Waals surface area contributed by atoms with E-state index in [0.717, 1.165) is 0 Å². The molecule has 5 heteroatoms. The third-order valence-electron chi connectivity index (χ3n) is 0.946. The highest BCUT2D eigenvalue weighted by molar-refractivity contribution is 5.69. The Morgan fingerprint density at radius 2 is 1.44 bits per heavy atom. The Kier molecular flexibility index (Phi) is 1.11. The average Bonchev–Trinajstić information content (AvgIpc) is 1.83. The molecule has 0 fully saturated rings. The second kappa shape index (κ2) is 1.77. The smallest absolute Gasteiger partial charge is 0.152 e. The molecule has 1 aromatic heterocycles. The Balaban J connectivity index is 3.25. The van der Waals surface area contributed by atoms with Gasteiger partial charge in [0.15, 0.2) is 11.6 Å². The molecule has 0 atom stereocenters. The molecular formula is C4H7N5. The van der Waals surface area contributed by atoms with Gasteiger partial charge in [-0.05, 0) is 0 Å². The number of nitrogen functional groups attached to an aromatic ring is 3. The second-order valence-electron chi connectivity index (χ2n) is 1.56. The third-order valence-corrected chi connectivity index (χ3v) is 0.946. The van der Waals surface area contributed by atoms with Gasteiger partial charge in [0, 0.05) is 0 Å². The van der Waals surface area contributed by atoms with Gasteiger partial charge in [-0.3, -0.25) is 0 Å². The third kappa shape index (κ3) is 0.835. The lowest BCUT2D eigenvalue weighted by atomic mass is 10.5. The van der Waals surface area contributed by atoms with Crippen molar-refractivity contribution >= 4 is 17.3 Å². The molecule has 0 saturated heterocycles. The second-order valence-corrected chi connectivity index (χ2v) is 1.56. The summed E-state index contributed by atoms with van der Waals surface area (Å²) in [6.07, 6.45) is 1.26. The highest BCUT2D eigenvalue weighted by Gasteiger charge is 1.97. The molecule has 9 heavy (non-hydrogen) atoms. The van der Waals surface area contributed by atoms with Crippen molar-refractivity contribution in [2.24, 2.45) is 0 Å². The van der Waals surface area contributed by atoms with Crippen molar-refractivity contribution < 1.29 is 0 Å². The molecule has 6 N–H and O–H groups in total. The van der Waals surface area contributed by atoms with Crippen molar-refractivity contribution in [3.8, 4) is 0 Å². The largest absolute Gasteiger partial charge is 0.393 e. The molecular weight excluding hydrogens is 123 g/mol. The maximum absolute atomic E-state index is 5.31. The normalized spacial score (nSPS) is 9.33. The van der Waals surface area contributed by atoms with Gasteiger partial charge in [-0.25, -0.2) is 9.97 Å². The molecule has 0 radical (unpaired) electrons. The summed E-state index contributed by atoms with van der Waals surface area (Å²) < 4.78 is 0. The van der Waals surface area contributed by atoms with Crippen molar-refractivity contribution in [1.29, 1.82) is 0 Å². The van der Waals surface area contributed by atoms with E-state index in [2.05, 4.69) is 9.97 Å². The van der Waals surface area contributed by atoms with Crippen LogP contribution in [0.1, 0.15) is 0 Å². The standard InChI is InChI=1S/C4H7N5/c5-2-3(6)8-1-9-4(2)7/h1H,5H2,(H4,6,7,8,9)/i5+1,6+1,7+1,8+1,9+1. The van der Waals surface area contributed by atoms with E-state index >= 15 is 0 Å². The molecule has 1 aromatic rings. The molecule has 0 unspecified atom stereocenters. The number of nitrogens with two attached hydrogens (primary N) is 3. The highest BCUT2D eigenvalue weighted by Crippen LogP contribution is 2.14. The summed E-state index contributed by atoms with van der Waals surface area (Å²) in [5, 5.41) is 0. The average molecular weight is 130 g/mol. The fourth-order valence-electron chi connectivity index (χ4n) is 0.424. The van der Waals surface area contributed by atoms with Crippen molar-refractivity contribution in [3.05, 3.63) is 6.33 Å². The number of aromatic nitrogens is 2. The van der Waals surface area contributed by atoms with Crippen LogP contribution in [0.5, 0.6) is 0 Å². The van der Waals surface area contributed by atoms with E-state index in [0.29, 0.717) is 0 Å². The Morgan fingerprint density at radius 1 is 1.00 bits per heavy atom. The van der Waals surface area contributed by atoms with Gasteiger partial charge in [0.25, 0.3) is 0 Å². The van der Waals surface area contributed by atoms with Gasteiger partial charge < -0.3 is 17.2 Å². The summed E-state index contributed by atoms with van der Waals surface area (Å²) in [4.78, 5) is 7.20. The number of anilines is 3. The minimum Gasteiger partial charge on any atom is -0.393 e. The van der Waals surface area contributed by atoms with Gasteiger partial charge in [0.2, 0.25) is 0 Å². The molecule has 0 aromatic carbocycles. The fraction of sp³-hybridized carbons (Fsp3) is 0. The van der Waals surface area contributed by atoms with Gasteiger partial charge in [-0.2, -0.15) is 0 Å². The molecule has 5 nitrogen and oxygen atoms in total. The minimum atomic E-state index is 0.225. The number of hydrogen-bond acceptors (Lipinski definition) is 5. The monoisotopic (exact) mass is 130 g/mol. The molecule has 1 heterocycles. The van der Waals surface area contributed by atoms with Crippen molar-refractivity contribution in [3.63, 3.8) is 0 Å². The first-order chi connectivity index (χ1) is 4.22. The molecule has 0 saturated carbocycles. The minimum absolute atomic E-state index is 0.225. The van der Waals surface area contributed by atoms with Crippen LogP contribution in [0.15, 0.2) is 6.33 Å². The van der Waals surface area contributed by atoms with Gasteiger partial charge in [-0.15, -0.1) is 0 Å². The molecule has 48 valence electrons. The van der Waals surface area contributed by atoms with Crippen LogP contribution < -0.4 is 17.2 Å². The van der Waals surface area contributed by atoms with Crippen LogP contribution >= 0.6 is 0 Å². The molecule has 0 amide bonds. The highest BCUT2D eigenvalue weighted by atomic mass is 15.7. The summed E-state index contributed by atoms with van der Waals surface area (Å²) in [5.74, 6) is 0.449. The van der Waals surface area contributed by atoms with Gasteiger partial charge in [0.05, 0.1) is 0 Å². The summed E-state index contributed by atoms with van der Waals surface area (Å²) in [6, 6.07) is 0. The van der Waals surface area contributed by atoms with Crippen molar-refractivity contribution in [2.45, 2.75) is 0 Å². The van der Waals surface area contributed by atoms with Crippen molar-refractivity contribution in [2.75, 3.05) is 17.2 Å². The molecule has 0 aliphatic rings. The predicted molar refractivity (Wildman–Crippen MR) is 35.3 cm³/mol. The van der Waals surface area contributed by atoms with Crippen molar-refractivity contribution in [1.82, 2.24) is 9.97 Å². The Bertz CT molecular complexity index is 200. The Morgan fingerprint density at radius 3 is 1.78 bits per heavy atom. The number of rotatable bonds is 0. The topological polar surface area (TPSA) is 104 Å². The first kappa shape index (κ1) is 5.61. The zero-order chi connectivity index (χ0) is 6.85. The lowest BCUT2D eigenvalue weighted by Crippen LogP contribution is -2.03. The van der Waals surface area contributed by atoms with Gasteiger partial charge >= 0.3 is 0 Å². The maximum Gasteiger partial charge on any atom is 0.152 e. The summed E-state index contributed by atoms with van der Waals surface area (Å²) in [7, 11) is 0. The number of hydrogen-bond donors (Lipinski definition) is 3. The van der Waals surface area contributed by atoms with E-state index < -0.39 is 0 Å². The first-order valence-electron chi connectivity index (χ1n) is 2.33. The first-order valence-corrected chi connectivity index (χ1v) is 2.33. The summed E-state index contributed by atoms with van der Waals surface area (Å²) in [5.41, 5.74) is 16.1. The van der Waals surface area contributed by atoms with Crippen LogP contribution in [0.3, 0.4) is 0 Å². The predicted octanol–water partition coefficient (Wildman–Crippen LogP) is -0.777. The quantitative estimate of drug-likeness (QED) is 0.400. The van der Waals surface area contributed by atoms with Gasteiger partial charge in [-0.1, -0.05) is 0 Å². The van der Waals surface area contributed by atoms with Crippen LogP contribution in [0.2, 0.25) is 0 Å². The SMILES string of the molecule is [15NH2]c1[15n]c[15n]c([15NH2])c1[15NH2]. The molecule has 0 aliphatic carbocycles.